The van der Waals surface area contributed by atoms with Crippen molar-refractivity contribution in [1.29, 1.82) is 0 Å². The van der Waals surface area contributed by atoms with E-state index in [9.17, 15) is 5.11 Å². The third-order valence-electron chi connectivity index (χ3n) is 3.02. The Morgan fingerprint density at radius 3 is 2.70 bits per heavy atom. The Balaban J connectivity index is 1.84. The Labute approximate surface area is 115 Å². The van der Waals surface area contributed by atoms with E-state index in [0.29, 0.717) is 18.1 Å². The van der Waals surface area contributed by atoms with Crippen LogP contribution in [-0.2, 0) is 6.42 Å². The first-order chi connectivity index (χ1) is 9.72. The van der Waals surface area contributed by atoms with Gasteiger partial charge in [0.1, 0.15) is 5.75 Å². The molecule has 0 bridgehead atoms. The van der Waals surface area contributed by atoms with E-state index in [0.717, 1.165) is 16.7 Å². The second kappa shape index (κ2) is 5.13. The molecular weight excluding hydrogens is 254 g/mol. The molecule has 0 saturated carbocycles. The molecule has 0 aliphatic heterocycles. The van der Waals surface area contributed by atoms with E-state index in [1.807, 2.05) is 25.1 Å². The Morgan fingerprint density at radius 2 is 1.95 bits per heavy atom. The summed E-state index contributed by atoms with van der Waals surface area (Å²) in [5.74, 6) is 1.33. The fraction of sp³-hybridized carbons (Fsp3) is 0.133. The lowest BCUT2D eigenvalue weighted by Gasteiger charge is -1.99. The predicted octanol–water partition coefficient (Wildman–Crippen LogP) is 2.74. The first-order valence-electron chi connectivity index (χ1n) is 6.24. The predicted molar refractivity (Wildman–Crippen MR) is 73.2 cm³/mol. The van der Waals surface area contributed by atoms with E-state index in [2.05, 4.69) is 15.1 Å². The molecule has 5 nitrogen and oxygen atoms in total. The van der Waals surface area contributed by atoms with Crippen LogP contribution >= 0.6 is 0 Å². The zero-order valence-corrected chi connectivity index (χ0v) is 10.9. The van der Waals surface area contributed by atoms with Gasteiger partial charge in [-0.25, -0.2) is 0 Å². The van der Waals surface area contributed by atoms with Crippen molar-refractivity contribution >= 4 is 0 Å². The molecule has 0 radical (unpaired) electrons. The first kappa shape index (κ1) is 12.3. The summed E-state index contributed by atoms with van der Waals surface area (Å²) in [6, 6.07) is 9.03. The molecule has 0 amide bonds. The molecule has 0 atom stereocenters. The van der Waals surface area contributed by atoms with Crippen molar-refractivity contribution in [2.75, 3.05) is 0 Å². The van der Waals surface area contributed by atoms with Crippen LogP contribution < -0.4 is 0 Å². The number of hydrogen-bond donors (Lipinski definition) is 1. The van der Waals surface area contributed by atoms with Crippen LogP contribution in [0.3, 0.4) is 0 Å². The highest BCUT2D eigenvalue weighted by Gasteiger charge is 2.10. The maximum Gasteiger partial charge on any atom is 0.257 e. The van der Waals surface area contributed by atoms with Crippen LogP contribution in [0.5, 0.6) is 5.75 Å². The van der Waals surface area contributed by atoms with Gasteiger partial charge >= 0.3 is 0 Å². The van der Waals surface area contributed by atoms with Crippen LogP contribution in [0.1, 0.15) is 17.0 Å². The summed E-state index contributed by atoms with van der Waals surface area (Å²) in [6.45, 7) is 1.83. The van der Waals surface area contributed by atoms with Crippen molar-refractivity contribution in [2.45, 2.75) is 13.3 Å². The standard InChI is InChI=1S/C15H13N3O2/c1-10-8-12(2-3-13(10)19)15-17-14(18-20-15)9-11-4-6-16-7-5-11/h2-8,19H,9H2,1H3. The fourth-order valence-electron chi connectivity index (χ4n) is 1.91. The number of aryl methyl sites for hydroxylation is 1. The van der Waals surface area contributed by atoms with Gasteiger partial charge < -0.3 is 9.63 Å². The number of hydrogen-bond acceptors (Lipinski definition) is 5. The SMILES string of the molecule is Cc1cc(-c2nc(Cc3ccncc3)no2)ccc1O. The minimum absolute atomic E-state index is 0.255. The van der Waals surface area contributed by atoms with Crippen LogP contribution in [-0.4, -0.2) is 20.2 Å². The minimum Gasteiger partial charge on any atom is -0.508 e. The number of aromatic hydroxyl groups is 1. The number of pyridine rings is 1. The van der Waals surface area contributed by atoms with E-state index in [-0.39, 0.29) is 5.75 Å². The molecule has 0 fully saturated rings. The molecule has 0 saturated heterocycles. The number of benzene rings is 1. The highest BCUT2D eigenvalue weighted by Crippen LogP contribution is 2.24. The molecule has 5 heteroatoms. The number of rotatable bonds is 3. The molecule has 20 heavy (non-hydrogen) atoms. The van der Waals surface area contributed by atoms with Gasteiger partial charge in [-0.2, -0.15) is 4.98 Å². The topological polar surface area (TPSA) is 72.0 Å². The second-order valence-electron chi connectivity index (χ2n) is 4.55. The summed E-state index contributed by atoms with van der Waals surface area (Å²) in [7, 11) is 0. The van der Waals surface area contributed by atoms with E-state index < -0.39 is 0 Å². The van der Waals surface area contributed by atoms with Gasteiger partial charge in [0.05, 0.1) is 0 Å². The normalized spacial score (nSPS) is 10.7. The zero-order chi connectivity index (χ0) is 13.9. The third kappa shape index (κ3) is 2.51. The zero-order valence-electron chi connectivity index (χ0n) is 10.9. The molecule has 1 N–H and O–H groups in total. The second-order valence-corrected chi connectivity index (χ2v) is 4.55. The number of aromatic nitrogens is 3. The fourth-order valence-corrected chi connectivity index (χ4v) is 1.91. The largest absolute Gasteiger partial charge is 0.508 e. The summed E-state index contributed by atoms with van der Waals surface area (Å²) in [5, 5.41) is 13.5. The maximum absolute atomic E-state index is 9.52. The van der Waals surface area contributed by atoms with E-state index in [1.54, 1.807) is 24.5 Å². The monoisotopic (exact) mass is 267 g/mol. The molecule has 2 aromatic heterocycles. The van der Waals surface area contributed by atoms with Crippen molar-refractivity contribution in [3.05, 3.63) is 59.7 Å². The summed E-state index contributed by atoms with van der Waals surface area (Å²) in [4.78, 5) is 8.34. The van der Waals surface area contributed by atoms with Gasteiger partial charge in [-0.3, -0.25) is 4.98 Å². The van der Waals surface area contributed by atoms with Gasteiger partial charge in [0.25, 0.3) is 5.89 Å². The van der Waals surface area contributed by atoms with Crippen LogP contribution in [0, 0.1) is 6.92 Å². The van der Waals surface area contributed by atoms with Gasteiger partial charge in [0, 0.05) is 24.4 Å². The van der Waals surface area contributed by atoms with Gasteiger partial charge in [0.15, 0.2) is 5.82 Å². The van der Waals surface area contributed by atoms with Crippen LogP contribution in [0.2, 0.25) is 0 Å². The van der Waals surface area contributed by atoms with Crippen molar-refractivity contribution in [3.63, 3.8) is 0 Å². The lowest BCUT2D eigenvalue weighted by Crippen LogP contribution is -1.90. The summed E-state index contributed by atoms with van der Waals surface area (Å²) in [5.41, 5.74) is 2.65. The van der Waals surface area contributed by atoms with Gasteiger partial charge in [-0.1, -0.05) is 5.16 Å². The van der Waals surface area contributed by atoms with E-state index in [4.69, 9.17) is 4.52 Å². The summed E-state index contributed by atoms with van der Waals surface area (Å²) in [6.07, 6.45) is 4.07. The Hall–Kier alpha value is -2.69. The lowest BCUT2D eigenvalue weighted by molar-refractivity contribution is 0.423. The average molecular weight is 267 g/mol. The average Bonchev–Trinajstić information content (AvgIpc) is 2.91. The highest BCUT2D eigenvalue weighted by molar-refractivity contribution is 5.56. The third-order valence-corrected chi connectivity index (χ3v) is 3.02. The Bertz CT molecular complexity index is 723. The molecule has 0 unspecified atom stereocenters. The Kier molecular flexibility index (Phi) is 3.16. The molecule has 100 valence electrons. The molecule has 0 spiro atoms. The maximum atomic E-state index is 9.52. The highest BCUT2D eigenvalue weighted by atomic mass is 16.5. The van der Waals surface area contributed by atoms with Crippen LogP contribution in [0.4, 0.5) is 0 Å². The number of nitrogens with zero attached hydrogens (tertiary/aromatic N) is 3. The van der Waals surface area contributed by atoms with Gasteiger partial charge in [-0.15, -0.1) is 0 Å². The number of phenolic OH excluding ortho intramolecular Hbond substituents is 1. The van der Waals surface area contributed by atoms with Crippen LogP contribution in [0.25, 0.3) is 11.5 Å². The van der Waals surface area contributed by atoms with Crippen LogP contribution in [0.15, 0.2) is 47.2 Å². The quantitative estimate of drug-likeness (QED) is 0.790. The summed E-state index contributed by atoms with van der Waals surface area (Å²) >= 11 is 0. The molecule has 0 aliphatic rings. The van der Waals surface area contributed by atoms with Crippen molar-refractivity contribution in [3.8, 4) is 17.2 Å². The van der Waals surface area contributed by atoms with Crippen molar-refractivity contribution in [2.24, 2.45) is 0 Å². The number of phenols is 1. The molecular formula is C15H13N3O2. The van der Waals surface area contributed by atoms with Crippen molar-refractivity contribution < 1.29 is 9.63 Å². The summed E-state index contributed by atoms with van der Waals surface area (Å²) < 4.78 is 5.26. The molecule has 1 aromatic carbocycles. The Morgan fingerprint density at radius 1 is 1.15 bits per heavy atom. The molecule has 0 aliphatic carbocycles. The van der Waals surface area contributed by atoms with Gasteiger partial charge in [-0.05, 0) is 48.4 Å². The smallest absolute Gasteiger partial charge is 0.257 e. The van der Waals surface area contributed by atoms with Crippen molar-refractivity contribution in [1.82, 2.24) is 15.1 Å². The molecule has 2 heterocycles. The molecule has 3 rings (SSSR count). The first-order valence-corrected chi connectivity index (χ1v) is 6.24. The van der Waals surface area contributed by atoms with Gasteiger partial charge in [0.2, 0.25) is 0 Å². The molecule has 3 aromatic rings. The van der Waals surface area contributed by atoms with E-state index >= 15 is 0 Å². The van der Waals surface area contributed by atoms with E-state index in [1.165, 1.54) is 0 Å². The minimum atomic E-state index is 0.255. The lowest BCUT2D eigenvalue weighted by atomic mass is 10.1.